The molecule has 0 aliphatic carbocycles. The van der Waals surface area contributed by atoms with Crippen LogP contribution < -0.4 is 10.4 Å². The summed E-state index contributed by atoms with van der Waals surface area (Å²) >= 11 is 0. The zero-order valence-electron chi connectivity index (χ0n) is 21.6. The summed E-state index contributed by atoms with van der Waals surface area (Å²) < 4.78 is 1.52. The van der Waals surface area contributed by atoms with E-state index in [-0.39, 0.29) is 35.5 Å². The Morgan fingerprint density at radius 3 is 2.47 bits per heavy atom. The fourth-order valence-corrected chi connectivity index (χ4v) is 4.68. The first-order valence-electron chi connectivity index (χ1n) is 12.5. The number of aromatic nitrogens is 4. The van der Waals surface area contributed by atoms with Crippen LogP contribution in [0.5, 0.6) is 0 Å². The van der Waals surface area contributed by atoms with Crippen LogP contribution in [0.25, 0.3) is 5.65 Å². The van der Waals surface area contributed by atoms with Gasteiger partial charge in [-0.2, -0.15) is 24.8 Å². The zero-order valence-corrected chi connectivity index (χ0v) is 21.6. The highest BCUT2D eigenvalue weighted by molar-refractivity contribution is 5.80. The van der Waals surface area contributed by atoms with Gasteiger partial charge in [-0.05, 0) is 38.4 Å². The van der Waals surface area contributed by atoms with Crippen LogP contribution >= 0.6 is 0 Å². The van der Waals surface area contributed by atoms with Crippen molar-refractivity contribution in [1.82, 2.24) is 39.7 Å². The Kier molecular flexibility index (Phi) is 7.70. The molecular weight excluding hydrogens is 460 g/mol. The molecule has 0 aromatic carbocycles. The highest BCUT2D eigenvalue weighted by Gasteiger charge is 2.31. The number of amides is 2. The number of piperazine rings is 1. The predicted molar refractivity (Wildman–Crippen MR) is 134 cm³/mol. The molecule has 2 saturated heterocycles. The number of nitrogens with one attached hydrogen (secondary N) is 1. The van der Waals surface area contributed by atoms with Crippen LogP contribution in [0.4, 0.5) is 5.95 Å². The van der Waals surface area contributed by atoms with Crippen LogP contribution in [-0.2, 0) is 9.59 Å². The second-order valence-corrected chi connectivity index (χ2v) is 10.9. The molecule has 0 spiro atoms. The van der Waals surface area contributed by atoms with Crippen molar-refractivity contribution in [3.05, 3.63) is 18.1 Å². The number of likely N-dealkylation sites (N-methyl/N-ethyl adjacent to an activating group) is 1. The lowest BCUT2D eigenvalue weighted by Gasteiger charge is -2.37. The first-order chi connectivity index (χ1) is 17.1. The van der Waals surface area contributed by atoms with Crippen molar-refractivity contribution in [2.45, 2.75) is 33.6 Å². The predicted octanol–water partition coefficient (Wildman–Crippen LogP) is 0.366. The van der Waals surface area contributed by atoms with Crippen LogP contribution in [0.3, 0.4) is 0 Å². The van der Waals surface area contributed by atoms with Gasteiger partial charge >= 0.3 is 0 Å². The molecule has 12 nitrogen and oxygen atoms in total. The normalized spacial score (nSPS) is 18.2. The van der Waals surface area contributed by atoms with E-state index in [9.17, 15) is 14.9 Å². The number of piperidine rings is 1. The quantitative estimate of drug-likeness (QED) is 0.564. The van der Waals surface area contributed by atoms with E-state index >= 15 is 0 Å². The lowest BCUT2D eigenvalue weighted by Crippen LogP contribution is -2.53. The van der Waals surface area contributed by atoms with E-state index in [1.54, 1.807) is 17.3 Å². The molecule has 0 unspecified atom stereocenters. The number of hydrogen-bond acceptors (Lipinski definition) is 9. The van der Waals surface area contributed by atoms with Gasteiger partial charge in [-0.25, -0.2) is 0 Å². The number of rotatable bonds is 6. The standard InChI is InChI=1S/C24H36N10O2/c1-24(2,3)17-33(23-28-19(15-25)27-20-5-8-26-34(20)23)29-21(35)16-31-9-6-18(7-10-31)22(36)32-13-11-30(4)12-14-32/h5,8,18H,6-7,9-14,16-17H2,1-4H3,(H,29,35). The molecule has 2 aliphatic rings. The SMILES string of the molecule is CN1CCN(C(=O)C2CCN(CC(=O)NN(CC(C)(C)C)c3nc(C#N)nc4ccnn34)CC2)CC1. The number of anilines is 1. The third-order valence-corrected chi connectivity index (χ3v) is 6.59. The molecule has 0 saturated carbocycles. The molecule has 12 heteroatoms. The van der Waals surface area contributed by atoms with Crippen molar-refractivity contribution < 1.29 is 9.59 Å². The first kappa shape index (κ1) is 25.8. The Labute approximate surface area is 211 Å². The molecule has 1 N–H and O–H groups in total. The minimum atomic E-state index is -0.180. The van der Waals surface area contributed by atoms with Gasteiger partial charge in [0.1, 0.15) is 6.07 Å². The fraction of sp³-hybridized carbons (Fsp3) is 0.667. The van der Waals surface area contributed by atoms with E-state index in [0.29, 0.717) is 31.2 Å². The monoisotopic (exact) mass is 496 g/mol. The van der Waals surface area contributed by atoms with Crippen molar-refractivity contribution in [2.24, 2.45) is 11.3 Å². The van der Waals surface area contributed by atoms with Crippen molar-refractivity contribution in [3.63, 3.8) is 0 Å². The minimum Gasteiger partial charge on any atom is -0.340 e. The maximum absolute atomic E-state index is 13.1. The van der Waals surface area contributed by atoms with E-state index in [0.717, 1.165) is 39.0 Å². The van der Waals surface area contributed by atoms with E-state index in [1.165, 1.54) is 4.52 Å². The zero-order chi connectivity index (χ0) is 25.9. The fourth-order valence-electron chi connectivity index (χ4n) is 4.68. The molecule has 36 heavy (non-hydrogen) atoms. The lowest BCUT2D eigenvalue weighted by atomic mass is 9.95. The number of hydrazine groups is 1. The topological polar surface area (TPSA) is 126 Å². The molecule has 194 valence electrons. The van der Waals surface area contributed by atoms with Gasteiger partial charge in [0.05, 0.1) is 12.7 Å². The lowest BCUT2D eigenvalue weighted by molar-refractivity contribution is -0.138. The van der Waals surface area contributed by atoms with E-state index in [1.807, 2.05) is 11.0 Å². The maximum atomic E-state index is 13.1. The number of nitriles is 1. The Balaban J connectivity index is 1.38. The van der Waals surface area contributed by atoms with Crippen LogP contribution in [0.1, 0.15) is 39.4 Å². The third kappa shape index (κ3) is 6.27. The number of likely N-dealkylation sites (tertiary alicyclic amines) is 1. The minimum absolute atomic E-state index is 0.0123. The molecule has 4 rings (SSSR count). The van der Waals surface area contributed by atoms with Crippen LogP contribution in [-0.4, -0.2) is 106 Å². The van der Waals surface area contributed by atoms with Gasteiger partial charge in [-0.3, -0.25) is 24.9 Å². The molecule has 2 aliphatic heterocycles. The summed E-state index contributed by atoms with van der Waals surface area (Å²) in [6, 6.07) is 3.67. The van der Waals surface area contributed by atoms with Gasteiger partial charge < -0.3 is 9.80 Å². The maximum Gasteiger partial charge on any atom is 0.252 e. The number of hydrogen-bond donors (Lipinski definition) is 1. The second kappa shape index (κ2) is 10.8. The van der Waals surface area contributed by atoms with E-state index in [4.69, 9.17) is 0 Å². The van der Waals surface area contributed by atoms with Gasteiger partial charge in [0.2, 0.25) is 17.7 Å². The third-order valence-electron chi connectivity index (χ3n) is 6.59. The van der Waals surface area contributed by atoms with Crippen LogP contribution in [0, 0.1) is 22.7 Å². The van der Waals surface area contributed by atoms with E-state index < -0.39 is 0 Å². The summed E-state index contributed by atoms with van der Waals surface area (Å²) in [5.41, 5.74) is 3.28. The number of nitrogens with zero attached hydrogens (tertiary/aromatic N) is 9. The molecule has 4 heterocycles. The molecule has 0 bridgehead atoms. The van der Waals surface area contributed by atoms with Gasteiger partial charge in [0.15, 0.2) is 5.65 Å². The summed E-state index contributed by atoms with van der Waals surface area (Å²) in [6.45, 7) is 11.7. The Morgan fingerprint density at radius 2 is 1.83 bits per heavy atom. The Hall–Kier alpha value is -3.30. The Bertz CT molecular complexity index is 1120. The van der Waals surface area contributed by atoms with Gasteiger partial charge in [0, 0.05) is 44.7 Å². The van der Waals surface area contributed by atoms with Crippen molar-refractivity contribution in [3.8, 4) is 6.07 Å². The molecule has 0 radical (unpaired) electrons. The van der Waals surface area contributed by atoms with Gasteiger partial charge in [0.25, 0.3) is 5.91 Å². The summed E-state index contributed by atoms with van der Waals surface area (Å²) in [7, 11) is 2.08. The number of fused-ring (bicyclic) bond motifs is 1. The molecule has 2 aromatic heterocycles. The summed E-state index contributed by atoms with van der Waals surface area (Å²) in [5.74, 6) is 0.451. The number of carbonyl (C=O) groups is 2. The number of carbonyl (C=O) groups excluding carboxylic acids is 2. The van der Waals surface area contributed by atoms with Crippen molar-refractivity contribution >= 4 is 23.4 Å². The van der Waals surface area contributed by atoms with Crippen LogP contribution in [0.2, 0.25) is 0 Å². The van der Waals surface area contributed by atoms with Crippen molar-refractivity contribution in [1.29, 1.82) is 5.26 Å². The molecule has 2 fully saturated rings. The molecular formula is C24H36N10O2. The average Bonchev–Trinajstić information content (AvgIpc) is 3.31. The molecule has 0 atom stereocenters. The van der Waals surface area contributed by atoms with Crippen molar-refractivity contribution in [2.75, 3.05) is 64.4 Å². The molecule has 2 aromatic rings. The molecule has 2 amide bonds. The van der Waals surface area contributed by atoms with Gasteiger partial charge in [-0.15, -0.1) is 0 Å². The Morgan fingerprint density at radius 1 is 1.14 bits per heavy atom. The average molecular weight is 497 g/mol. The van der Waals surface area contributed by atoms with Crippen LogP contribution in [0.15, 0.2) is 12.3 Å². The first-order valence-corrected chi connectivity index (χ1v) is 12.5. The summed E-state index contributed by atoms with van der Waals surface area (Å²) in [5, 5.41) is 15.3. The largest absolute Gasteiger partial charge is 0.340 e. The van der Waals surface area contributed by atoms with Gasteiger partial charge in [-0.1, -0.05) is 20.8 Å². The highest BCUT2D eigenvalue weighted by Crippen LogP contribution is 2.22. The van der Waals surface area contributed by atoms with E-state index in [2.05, 4.69) is 58.1 Å². The summed E-state index contributed by atoms with van der Waals surface area (Å²) in [4.78, 5) is 40.8. The summed E-state index contributed by atoms with van der Waals surface area (Å²) in [6.07, 6.45) is 3.10. The second-order valence-electron chi connectivity index (χ2n) is 10.9. The smallest absolute Gasteiger partial charge is 0.252 e. The highest BCUT2D eigenvalue weighted by atomic mass is 16.2.